The summed E-state index contributed by atoms with van der Waals surface area (Å²) in [6.45, 7) is 3.09. The van der Waals surface area contributed by atoms with Gasteiger partial charge < -0.3 is 15.0 Å². The van der Waals surface area contributed by atoms with E-state index in [1.165, 1.54) is 0 Å². The Morgan fingerprint density at radius 1 is 1.21 bits per heavy atom. The van der Waals surface area contributed by atoms with Gasteiger partial charge in [-0.3, -0.25) is 4.79 Å². The zero-order valence-corrected chi connectivity index (χ0v) is 14.0. The number of carbonyl (C=O) groups excluding carboxylic acids is 1. The quantitative estimate of drug-likeness (QED) is 0.811. The maximum atomic E-state index is 12.4. The summed E-state index contributed by atoms with van der Waals surface area (Å²) in [6.07, 6.45) is 0. The van der Waals surface area contributed by atoms with Gasteiger partial charge in [-0.25, -0.2) is 0 Å². The van der Waals surface area contributed by atoms with Crippen LogP contribution >= 0.6 is 0 Å². The highest BCUT2D eigenvalue weighted by Gasteiger charge is 2.22. The average molecular weight is 324 g/mol. The Hall–Kier alpha value is -2.84. The molecule has 2 atom stereocenters. The molecule has 1 unspecified atom stereocenters. The van der Waals surface area contributed by atoms with E-state index in [9.17, 15) is 4.79 Å². The Morgan fingerprint density at radius 2 is 1.88 bits per heavy atom. The van der Waals surface area contributed by atoms with Gasteiger partial charge in [0.05, 0.1) is 18.3 Å². The number of benzene rings is 2. The molecule has 2 rings (SSSR count). The van der Waals surface area contributed by atoms with Gasteiger partial charge in [-0.05, 0) is 31.2 Å². The fourth-order valence-corrected chi connectivity index (χ4v) is 2.22. The van der Waals surface area contributed by atoms with Crippen molar-refractivity contribution in [2.24, 2.45) is 0 Å². The van der Waals surface area contributed by atoms with Crippen LogP contribution in [0.1, 0.15) is 12.5 Å². The molecule has 0 bridgehead atoms. The van der Waals surface area contributed by atoms with Crippen LogP contribution in [0.25, 0.3) is 0 Å². The van der Waals surface area contributed by atoms with Crippen LogP contribution in [-0.2, 0) is 4.79 Å². The third kappa shape index (κ3) is 4.83. The molecule has 0 aliphatic heterocycles. The lowest BCUT2D eigenvalue weighted by atomic mass is 10.2. The van der Waals surface area contributed by atoms with Crippen molar-refractivity contribution < 1.29 is 14.4 Å². The molecule has 0 fully saturated rings. The standard InChI is InChI=1S/C19H21N3O2/c1-15(19(23)21-18-11-7-6-8-16(18)14-20)22(2)12-13-24-17-9-4-3-5-10-17/h3-11,15H,12-13H2,1-2H3,(H,21,23)/p+1/t15-/m0/s1. The number of carbonyl (C=O) groups is 1. The third-order valence-electron chi connectivity index (χ3n) is 3.95. The van der Waals surface area contributed by atoms with E-state index in [0.29, 0.717) is 24.4 Å². The van der Waals surface area contributed by atoms with Crippen molar-refractivity contribution in [3.8, 4) is 11.8 Å². The van der Waals surface area contributed by atoms with E-state index < -0.39 is 0 Å². The van der Waals surface area contributed by atoms with E-state index in [4.69, 9.17) is 10.00 Å². The van der Waals surface area contributed by atoms with Crippen LogP contribution in [0.2, 0.25) is 0 Å². The van der Waals surface area contributed by atoms with E-state index in [0.717, 1.165) is 10.6 Å². The first-order chi connectivity index (χ1) is 11.6. The summed E-state index contributed by atoms with van der Waals surface area (Å²) in [7, 11) is 1.95. The number of hydrogen-bond donors (Lipinski definition) is 2. The van der Waals surface area contributed by atoms with Gasteiger partial charge in [-0.15, -0.1) is 0 Å². The summed E-state index contributed by atoms with van der Waals surface area (Å²) in [5, 5.41) is 11.9. The molecule has 0 saturated heterocycles. The minimum absolute atomic E-state index is 0.116. The lowest BCUT2D eigenvalue weighted by Gasteiger charge is -2.21. The van der Waals surface area contributed by atoms with Crippen molar-refractivity contribution in [3.63, 3.8) is 0 Å². The maximum absolute atomic E-state index is 12.4. The maximum Gasteiger partial charge on any atom is 0.282 e. The van der Waals surface area contributed by atoms with Gasteiger partial charge in [-0.2, -0.15) is 5.26 Å². The molecule has 2 N–H and O–H groups in total. The lowest BCUT2D eigenvalue weighted by molar-refractivity contribution is -0.894. The lowest BCUT2D eigenvalue weighted by Crippen LogP contribution is -3.14. The minimum Gasteiger partial charge on any atom is -0.488 e. The van der Waals surface area contributed by atoms with Crippen LogP contribution in [0, 0.1) is 11.3 Å². The second kappa shape index (κ2) is 8.70. The molecule has 0 radical (unpaired) electrons. The van der Waals surface area contributed by atoms with Gasteiger partial charge in [0.1, 0.15) is 25.0 Å². The first-order valence-corrected chi connectivity index (χ1v) is 7.92. The molecule has 0 spiro atoms. The van der Waals surface area contributed by atoms with Gasteiger partial charge in [0.2, 0.25) is 0 Å². The number of anilines is 1. The van der Waals surface area contributed by atoms with E-state index in [1.54, 1.807) is 24.3 Å². The summed E-state index contributed by atoms with van der Waals surface area (Å²) in [5.74, 6) is 0.709. The monoisotopic (exact) mass is 324 g/mol. The summed E-state index contributed by atoms with van der Waals surface area (Å²) in [6, 6.07) is 18.4. The molecule has 5 nitrogen and oxygen atoms in total. The Balaban J connectivity index is 1.84. The predicted molar refractivity (Wildman–Crippen MR) is 92.9 cm³/mol. The second-order valence-electron chi connectivity index (χ2n) is 5.63. The number of nitrogens with zero attached hydrogens (tertiary/aromatic N) is 1. The third-order valence-corrected chi connectivity index (χ3v) is 3.95. The molecule has 24 heavy (non-hydrogen) atoms. The number of quaternary nitrogens is 1. The van der Waals surface area contributed by atoms with E-state index in [-0.39, 0.29) is 11.9 Å². The van der Waals surface area contributed by atoms with E-state index in [1.807, 2.05) is 44.3 Å². The molecule has 0 aromatic heterocycles. The molecule has 2 aromatic carbocycles. The minimum atomic E-state index is -0.254. The van der Waals surface area contributed by atoms with Gasteiger partial charge in [-0.1, -0.05) is 30.3 Å². The number of rotatable bonds is 7. The second-order valence-corrected chi connectivity index (χ2v) is 5.63. The fraction of sp³-hybridized carbons (Fsp3) is 0.263. The predicted octanol–water partition coefficient (Wildman–Crippen LogP) is 1.48. The zero-order chi connectivity index (χ0) is 17.4. The molecular formula is C19H22N3O2+. The molecule has 0 saturated carbocycles. The Morgan fingerprint density at radius 3 is 2.58 bits per heavy atom. The molecule has 124 valence electrons. The van der Waals surface area contributed by atoms with Crippen molar-refractivity contribution in [2.45, 2.75) is 13.0 Å². The average Bonchev–Trinajstić information content (AvgIpc) is 2.62. The smallest absolute Gasteiger partial charge is 0.282 e. The summed E-state index contributed by atoms with van der Waals surface area (Å²) in [5.41, 5.74) is 1.01. The van der Waals surface area contributed by atoms with Crippen LogP contribution in [0.3, 0.4) is 0 Å². The van der Waals surface area contributed by atoms with E-state index in [2.05, 4.69) is 11.4 Å². The fourth-order valence-electron chi connectivity index (χ4n) is 2.22. The summed E-state index contributed by atoms with van der Waals surface area (Å²) >= 11 is 0. The van der Waals surface area contributed by atoms with Crippen LogP contribution in [0.5, 0.6) is 5.75 Å². The Kier molecular flexibility index (Phi) is 6.35. The first-order valence-electron chi connectivity index (χ1n) is 7.92. The highest BCUT2D eigenvalue weighted by molar-refractivity contribution is 5.94. The zero-order valence-electron chi connectivity index (χ0n) is 14.0. The number of nitriles is 1. The van der Waals surface area contributed by atoms with Crippen molar-refractivity contribution >= 4 is 11.6 Å². The molecule has 2 aromatic rings. The summed E-state index contributed by atoms with van der Waals surface area (Å²) in [4.78, 5) is 13.4. The number of nitrogens with one attached hydrogen (secondary N) is 2. The topological polar surface area (TPSA) is 66.6 Å². The van der Waals surface area contributed by atoms with Crippen molar-refractivity contribution in [3.05, 3.63) is 60.2 Å². The highest BCUT2D eigenvalue weighted by atomic mass is 16.5. The highest BCUT2D eigenvalue weighted by Crippen LogP contribution is 2.13. The Labute approximate surface area is 142 Å². The van der Waals surface area contributed by atoms with Crippen LogP contribution in [0.15, 0.2) is 54.6 Å². The van der Waals surface area contributed by atoms with Gasteiger partial charge in [0.25, 0.3) is 5.91 Å². The first kappa shape index (κ1) is 17.5. The SMILES string of the molecule is C[C@@H](C(=O)Nc1ccccc1C#N)[NH+](C)CCOc1ccccc1. The van der Waals surface area contributed by atoms with Crippen molar-refractivity contribution in [1.29, 1.82) is 5.26 Å². The van der Waals surface area contributed by atoms with Crippen molar-refractivity contribution in [2.75, 3.05) is 25.5 Å². The van der Waals surface area contributed by atoms with Crippen LogP contribution in [0.4, 0.5) is 5.69 Å². The molecule has 1 amide bonds. The molecular weight excluding hydrogens is 302 g/mol. The number of hydrogen-bond acceptors (Lipinski definition) is 3. The number of ether oxygens (including phenoxy) is 1. The molecule has 0 heterocycles. The number of para-hydroxylation sites is 2. The number of likely N-dealkylation sites (N-methyl/N-ethyl adjacent to an activating group) is 1. The van der Waals surface area contributed by atoms with Crippen LogP contribution < -0.4 is 15.0 Å². The molecule has 0 aliphatic rings. The summed E-state index contributed by atoms with van der Waals surface area (Å²) < 4.78 is 5.67. The van der Waals surface area contributed by atoms with Crippen molar-refractivity contribution in [1.82, 2.24) is 0 Å². The van der Waals surface area contributed by atoms with Gasteiger partial charge in [0, 0.05) is 0 Å². The normalized spacial score (nSPS) is 12.7. The van der Waals surface area contributed by atoms with Crippen LogP contribution in [-0.4, -0.2) is 32.1 Å². The number of amides is 1. The molecule has 0 aliphatic carbocycles. The van der Waals surface area contributed by atoms with E-state index >= 15 is 0 Å². The van der Waals surface area contributed by atoms with Gasteiger partial charge in [0.15, 0.2) is 6.04 Å². The largest absolute Gasteiger partial charge is 0.488 e. The Bertz CT molecular complexity index is 710. The molecule has 5 heteroatoms. The van der Waals surface area contributed by atoms with Gasteiger partial charge >= 0.3 is 0 Å².